The summed E-state index contributed by atoms with van der Waals surface area (Å²) in [7, 11) is 0. The maximum atomic E-state index is 6.46. The fourth-order valence-corrected chi connectivity index (χ4v) is 3.86. The highest BCUT2D eigenvalue weighted by Gasteiger charge is 2.29. The Morgan fingerprint density at radius 3 is 2.61 bits per heavy atom. The summed E-state index contributed by atoms with van der Waals surface area (Å²) in [6.45, 7) is 6.20. The molecule has 0 spiro atoms. The predicted octanol–water partition coefficient (Wildman–Crippen LogP) is 3.55. The third kappa shape index (κ3) is 4.24. The summed E-state index contributed by atoms with van der Waals surface area (Å²) in [6.07, 6.45) is 13.5. The van der Waals surface area contributed by atoms with Crippen molar-refractivity contribution in [2.45, 2.75) is 76.7 Å². The van der Waals surface area contributed by atoms with Gasteiger partial charge in [0.2, 0.25) is 0 Å². The van der Waals surface area contributed by atoms with Gasteiger partial charge in [-0.1, -0.05) is 32.6 Å². The van der Waals surface area contributed by atoms with E-state index in [-0.39, 0.29) is 5.54 Å². The molecule has 18 heavy (non-hydrogen) atoms. The fraction of sp³-hybridized carbons (Fsp3) is 1.00. The summed E-state index contributed by atoms with van der Waals surface area (Å²) < 4.78 is 0. The Morgan fingerprint density at radius 1 is 1.11 bits per heavy atom. The SMILES string of the molecule is CCCC1CCCN(CCC2(N)CCCC2)CC1. The van der Waals surface area contributed by atoms with E-state index in [1.165, 1.54) is 83.8 Å². The zero-order chi connectivity index (χ0) is 12.8. The lowest BCUT2D eigenvalue weighted by Gasteiger charge is -2.28. The Morgan fingerprint density at radius 2 is 1.89 bits per heavy atom. The third-order valence-electron chi connectivity index (χ3n) is 5.16. The molecule has 2 fully saturated rings. The minimum Gasteiger partial charge on any atom is -0.325 e. The van der Waals surface area contributed by atoms with E-state index < -0.39 is 0 Å². The highest BCUT2D eigenvalue weighted by atomic mass is 15.1. The molecular weight excluding hydrogens is 220 g/mol. The molecule has 1 saturated heterocycles. The average Bonchev–Trinajstić information content (AvgIpc) is 2.66. The summed E-state index contributed by atoms with van der Waals surface area (Å²) in [5, 5.41) is 0. The zero-order valence-electron chi connectivity index (χ0n) is 12.3. The first-order valence-corrected chi connectivity index (χ1v) is 8.23. The maximum Gasteiger partial charge on any atom is 0.0166 e. The van der Waals surface area contributed by atoms with E-state index >= 15 is 0 Å². The molecule has 2 heteroatoms. The molecule has 106 valence electrons. The Kier molecular flexibility index (Phi) is 5.50. The highest BCUT2D eigenvalue weighted by molar-refractivity contribution is 4.90. The van der Waals surface area contributed by atoms with Crippen LogP contribution in [0.15, 0.2) is 0 Å². The molecular formula is C16H32N2. The van der Waals surface area contributed by atoms with Crippen LogP contribution in [0.2, 0.25) is 0 Å². The molecule has 0 amide bonds. The van der Waals surface area contributed by atoms with Crippen molar-refractivity contribution < 1.29 is 0 Å². The minimum absolute atomic E-state index is 0.190. The Hall–Kier alpha value is -0.0800. The summed E-state index contributed by atoms with van der Waals surface area (Å²) >= 11 is 0. The lowest BCUT2D eigenvalue weighted by Crippen LogP contribution is -2.40. The summed E-state index contributed by atoms with van der Waals surface area (Å²) in [4.78, 5) is 2.68. The van der Waals surface area contributed by atoms with Crippen LogP contribution >= 0.6 is 0 Å². The number of nitrogens with two attached hydrogens (primary N) is 1. The molecule has 0 aromatic rings. The van der Waals surface area contributed by atoms with Crippen molar-refractivity contribution in [1.82, 2.24) is 4.90 Å². The topological polar surface area (TPSA) is 29.3 Å². The lowest BCUT2D eigenvalue weighted by molar-refractivity contribution is 0.243. The van der Waals surface area contributed by atoms with Crippen molar-refractivity contribution in [3.05, 3.63) is 0 Å². The second kappa shape index (κ2) is 6.91. The van der Waals surface area contributed by atoms with Crippen LogP contribution in [0, 0.1) is 5.92 Å². The molecule has 1 heterocycles. The van der Waals surface area contributed by atoms with Crippen LogP contribution in [0.4, 0.5) is 0 Å². The molecule has 0 aromatic heterocycles. The molecule has 2 nitrogen and oxygen atoms in total. The molecule has 2 N–H and O–H groups in total. The first-order chi connectivity index (χ1) is 8.72. The average molecular weight is 252 g/mol. The molecule has 1 aliphatic carbocycles. The van der Waals surface area contributed by atoms with E-state index in [0.29, 0.717) is 0 Å². The molecule has 0 radical (unpaired) electrons. The van der Waals surface area contributed by atoms with Crippen molar-refractivity contribution >= 4 is 0 Å². The van der Waals surface area contributed by atoms with Crippen LogP contribution in [0.1, 0.15) is 71.1 Å². The van der Waals surface area contributed by atoms with Gasteiger partial charge in [-0.3, -0.25) is 0 Å². The second-order valence-electron chi connectivity index (χ2n) is 6.75. The number of likely N-dealkylation sites (tertiary alicyclic amines) is 1. The van der Waals surface area contributed by atoms with Gasteiger partial charge in [0.05, 0.1) is 0 Å². The molecule has 0 bridgehead atoms. The maximum absolute atomic E-state index is 6.46. The van der Waals surface area contributed by atoms with Crippen molar-refractivity contribution in [3.8, 4) is 0 Å². The fourth-order valence-electron chi connectivity index (χ4n) is 3.86. The Bertz CT molecular complexity index is 233. The zero-order valence-corrected chi connectivity index (χ0v) is 12.3. The predicted molar refractivity (Wildman–Crippen MR) is 78.7 cm³/mol. The van der Waals surface area contributed by atoms with E-state index in [9.17, 15) is 0 Å². The van der Waals surface area contributed by atoms with Gasteiger partial charge < -0.3 is 10.6 Å². The Labute approximate surface area is 113 Å². The van der Waals surface area contributed by atoms with E-state index in [1.54, 1.807) is 0 Å². The number of hydrogen-bond donors (Lipinski definition) is 1. The van der Waals surface area contributed by atoms with Gasteiger partial charge in [-0.15, -0.1) is 0 Å². The number of hydrogen-bond acceptors (Lipinski definition) is 2. The van der Waals surface area contributed by atoms with Crippen LogP contribution in [-0.2, 0) is 0 Å². The second-order valence-corrected chi connectivity index (χ2v) is 6.75. The quantitative estimate of drug-likeness (QED) is 0.811. The van der Waals surface area contributed by atoms with Gasteiger partial charge in [0.25, 0.3) is 0 Å². The number of rotatable bonds is 5. The van der Waals surface area contributed by atoms with Gasteiger partial charge >= 0.3 is 0 Å². The Balaban J connectivity index is 1.70. The molecule has 1 atom stereocenters. The van der Waals surface area contributed by atoms with Crippen LogP contribution in [0.5, 0.6) is 0 Å². The van der Waals surface area contributed by atoms with Gasteiger partial charge in [0.15, 0.2) is 0 Å². The van der Waals surface area contributed by atoms with E-state index in [0.717, 1.165) is 5.92 Å². The third-order valence-corrected chi connectivity index (χ3v) is 5.16. The summed E-state index contributed by atoms with van der Waals surface area (Å²) in [6, 6.07) is 0. The first-order valence-electron chi connectivity index (χ1n) is 8.23. The van der Waals surface area contributed by atoms with Crippen LogP contribution in [0.3, 0.4) is 0 Å². The van der Waals surface area contributed by atoms with Crippen molar-refractivity contribution in [2.75, 3.05) is 19.6 Å². The summed E-state index contributed by atoms with van der Waals surface area (Å²) in [5.74, 6) is 0.998. The van der Waals surface area contributed by atoms with E-state index in [1.807, 2.05) is 0 Å². The monoisotopic (exact) mass is 252 g/mol. The highest BCUT2D eigenvalue weighted by Crippen LogP contribution is 2.30. The molecule has 0 aromatic carbocycles. The van der Waals surface area contributed by atoms with Gasteiger partial charge in [0.1, 0.15) is 0 Å². The lowest BCUT2D eigenvalue weighted by atomic mass is 9.94. The number of nitrogens with zero attached hydrogens (tertiary/aromatic N) is 1. The summed E-state index contributed by atoms with van der Waals surface area (Å²) in [5.41, 5.74) is 6.65. The van der Waals surface area contributed by atoms with E-state index in [2.05, 4.69) is 11.8 Å². The first kappa shape index (κ1) is 14.3. The van der Waals surface area contributed by atoms with Gasteiger partial charge in [0, 0.05) is 5.54 Å². The van der Waals surface area contributed by atoms with Gasteiger partial charge in [-0.05, 0) is 64.1 Å². The van der Waals surface area contributed by atoms with E-state index in [4.69, 9.17) is 5.73 Å². The molecule has 1 saturated carbocycles. The molecule has 2 rings (SSSR count). The van der Waals surface area contributed by atoms with Crippen LogP contribution < -0.4 is 5.73 Å². The van der Waals surface area contributed by atoms with Crippen molar-refractivity contribution in [1.29, 1.82) is 0 Å². The normalized spacial score (nSPS) is 29.3. The van der Waals surface area contributed by atoms with Crippen LogP contribution in [-0.4, -0.2) is 30.1 Å². The molecule has 1 unspecified atom stereocenters. The minimum atomic E-state index is 0.190. The van der Waals surface area contributed by atoms with Gasteiger partial charge in [-0.2, -0.15) is 0 Å². The van der Waals surface area contributed by atoms with Gasteiger partial charge in [-0.25, -0.2) is 0 Å². The molecule has 1 aliphatic heterocycles. The van der Waals surface area contributed by atoms with Crippen molar-refractivity contribution in [3.63, 3.8) is 0 Å². The molecule has 2 aliphatic rings. The van der Waals surface area contributed by atoms with Crippen LogP contribution in [0.25, 0.3) is 0 Å². The van der Waals surface area contributed by atoms with Crippen molar-refractivity contribution in [2.24, 2.45) is 11.7 Å². The standard InChI is InChI=1S/C16H32N2/c1-2-6-15-7-5-12-18(13-8-15)14-11-16(17)9-3-4-10-16/h15H,2-14,17H2,1H3. The largest absolute Gasteiger partial charge is 0.325 e. The smallest absolute Gasteiger partial charge is 0.0166 e.